The maximum absolute atomic E-state index is 13.1. The number of nitrogens with zero attached hydrogens (tertiary/aromatic N) is 5. The molecule has 0 saturated heterocycles. The summed E-state index contributed by atoms with van der Waals surface area (Å²) < 4.78 is 7.00. The summed E-state index contributed by atoms with van der Waals surface area (Å²) in [4.78, 5) is 14.8. The van der Waals surface area contributed by atoms with Gasteiger partial charge in [-0.1, -0.05) is 55.1 Å². The van der Waals surface area contributed by atoms with Crippen LogP contribution >= 0.6 is 0 Å². The van der Waals surface area contributed by atoms with Crippen molar-refractivity contribution in [3.05, 3.63) is 84.7 Å². The summed E-state index contributed by atoms with van der Waals surface area (Å²) in [6, 6.07) is 17.0. The molecule has 0 aliphatic carbocycles. The van der Waals surface area contributed by atoms with E-state index in [4.69, 9.17) is 4.74 Å². The van der Waals surface area contributed by atoms with Crippen molar-refractivity contribution in [2.45, 2.75) is 19.0 Å². The van der Waals surface area contributed by atoms with E-state index in [0.717, 1.165) is 16.9 Å². The molecule has 3 rings (SSSR count). The van der Waals surface area contributed by atoms with Crippen LogP contribution in [-0.4, -0.2) is 44.7 Å². The van der Waals surface area contributed by atoms with Crippen LogP contribution in [0.2, 0.25) is 0 Å². The Kier molecular flexibility index (Phi) is 6.51. The van der Waals surface area contributed by atoms with Crippen LogP contribution in [0.1, 0.15) is 17.2 Å². The molecule has 3 aromatic rings. The van der Waals surface area contributed by atoms with Gasteiger partial charge >= 0.3 is 0 Å². The first-order valence-corrected chi connectivity index (χ1v) is 9.01. The second kappa shape index (κ2) is 9.45. The number of carbonyl (C=O) groups excluding carboxylic acids is 1. The average molecular weight is 377 g/mol. The van der Waals surface area contributed by atoms with Crippen molar-refractivity contribution in [1.29, 1.82) is 0 Å². The number of aromatic nitrogens is 4. The van der Waals surface area contributed by atoms with Crippen LogP contribution in [0.4, 0.5) is 0 Å². The number of carbonyl (C=O) groups is 1. The maximum Gasteiger partial charge on any atom is 0.247 e. The molecule has 144 valence electrons. The van der Waals surface area contributed by atoms with E-state index in [0.29, 0.717) is 19.6 Å². The van der Waals surface area contributed by atoms with Gasteiger partial charge in [0.15, 0.2) is 0 Å². The predicted molar refractivity (Wildman–Crippen MR) is 106 cm³/mol. The van der Waals surface area contributed by atoms with E-state index in [-0.39, 0.29) is 5.91 Å². The highest BCUT2D eigenvalue weighted by Gasteiger charge is 2.25. The molecule has 1 amide bonds. The van der Waals surface area contributed by atoms with Gasteiger partial charge in [0.1, 0.15) is 24.7 Å². The normalized spacial score (nSPS) is 11.6. The van der Waals surface area contributed by atoms with Crippen molar-refractivity contribution >= 4 is 5.91 Å². The predicted octanol–water partition coefficient (Wildman–Crippen LogP) is 2.68. The number of hydrogen-bond acceptors (Lipinski definition) is 5. The fourth-order valence-corrected chi connectivity index (χ4v) is 2.89. The minimum absolute atomic E-state index is 0.0527. The van der Waals surface area contributed by atoms with Crippen molar-refractivity contribution in [3.8, 4) is 5.75 Å². The van der Waals surface area contributed by atoms with Gasteiger partial charge in [-0.05, 0) is 33.7 Å². The molecule has 0 N–H and O–H groups in total. The quantitative estimate of drug-likeness (QED) is 0.536. The van der Waals surface area contributed by atoms with E-state index in [1.807, 2.05) is 54.6 Å². The lowest BCUT2D eigenvalue weighted by Crippen LogP contribution is -2.35. The van der Waals surface area contributed by atoms with E-state index in [2.05, 4.69) is 22.1 Å². The number of hydrogen-bond donors (Lipinski definition) is 0. The number of benzene rings is 2. The fourth-order valence-electron chi connectivity index (χ4n) is 2.89. The summed E-state index contributed by atoms with van der Waals surface area (Å²) in [6.07, 6.45) is 3.70. The fraction of sp³-hybridized carbons (Fsp3) is 0.238. The van der Waals surface area contributed by atoms with Crippen molar-refractivity contribution in [2.24, 2.45) is 0 Å². The van der Waals surface area contributed by atoms with Crippen molar-refractivity contribution in [3.63, 3.8) is 0 Å². The molecule has 0 saturated carbocycles. The smallest absolute Gasteiger partial charge is 0.247 e. The van der Waals surface area contributed by atoms with E-state index in [1.54, 1.807) is 18.0 Å². The molecule has 1 unspecified atom stereocenters. The second-order valence-electron chi connectivity index (χ2n) is 6.43. The van der Waals surface area contributed by atoms with E-state index in [9.17, 15) is 4.79 Å². The molecule has 0 aliphatic heterocycles. The molecule has 1 heterocycles. The summed E-state index contributed by atoms with van der Waals surface area (Å²) in [5, 5.41) is 11.3. The minimum atomic E-state index is -0.502. The topological polar surface area (TPSA) is 73.1 Å². The van der Waals surface area contributed by atoms with Crippen LogP contribution < -0.4 is 4.74 Å². The molecule has 7 heteroatoms. The van der Waals surface area contributed by atoms with Crippen LogP contribution in [0, 0.1) is 0 Å². The zero-order valence-corrected chi connectivity index (χ0v) is 15.8. The molecule has 7 nitrogen and oxygen atoms in total. The number of rotatable bonds is 9. The number of amides is 1. The lowest BCUT2D eigenvalue weighted by atomic mass is 10.0. The molecule has 0 aliphatic rings. The second-order valence-corrected chi connectivity index (χ2v) is 6.43. The van der Waals surface area contributed by atoms with Gasteiger partial charge in [0, 0.05) is 20.0 Å². The lowest BCUT2D eigenvalue weighted by Gasteiger charge is -2.24. The van der Waals surface area contributed by atoms with Gasteiger partial charge in [0.2, 0.25) is 5.91 Å². The largest absolute Gasteiger partial charge is 0.490 e. The van der Waals surface area contributed by atoms with Crippen molar-refractivity contribution < 1.29 is 9.53 Å². The van der Waals surface area contributed by atoms with Gasteiger partial charge in [-0.15, -0.1) is 5.10 Å². The van der Waals surface area contributed by atoms with Gasteiger partial charge in [-0.25, -0.2) is 4.68 Å². The van der Waals surface area contributed by atoms with Crippen LogP contribution in [0.15, 0.2) is 73.6 Å². The van der Waals surface area contributed by atoms with Crippen LogP contribution in [0.5, 0.6) is 5.75 Å². The molecular weight excluding hydrogens is 354 g/mol. The number of tetrazole rings is 1. The van der Waals surface area contributed by atoms with E-state index >= 15 is 0 Å². The Morgan fingerprint density at radius 1 is 1.18 bits per heavy atom. The maximum atomic E-state index is 13.1. The molecule has 0 fully saturated rings. The molecule has 0 radical (unpaired) electrons. The Morgan fingerprint density at radius 3 is 2.57 bits per heavy atom. The molecule has 1 aromatic heterocycles. The highest BCUT2D eigenvalue weighted by Crippen LogP contribution is 2.18. The molecule has 1 atom stereocenters. The Hall–Kier alpha value is -3.48. The number of likely N-dealkylation sites (N-methyl/N-ethyl adjacent to an activating group) is 1. The summed E-state index contributed by atoms with van der Waals surface area (Å²) in [5.41, 5.74) is 2.06. The Bertz CT molecular complexity index is 879. The van der Waals surface area contributed by atoms with Crippen LogP contribution in [-0.2, 0) is 17.8 Å². The number of ether oxygens (including phenoxy) is 1. The summed E-state index contributed by atoms with van der Waals surface area (Å²) in [6.45, 7) is 4.58. The first-order valence-electron chi connectivity index (χ1n) is 9.01. The molecule has 0 bridgehead atoms. The highest BCUT2D eigenvalue weighted by atomic mass is 16.5. The van der Waals surface area contributed by atoms with Gasteiger partial charge in [-0.3, -0.25) is 4.79 Å². The van der Waals surface area contributed by atoms with E-state index in [1.165, 1.54) is 11.0 Å². The summed E-state index contributed by atoms with van der Waals surface area (Å²) in [5.74, 6) is 0.719. The van der Waals surface area contributed by atoms with Gasteiger partial charge < -0.3 is 9.64 Å². The monoisotopic (exact) mass is 377 g/mol. The molecule has 2 aromatic carbocycles. The third-order valence-electron chi connectivity index (χ3n) is 4.33. The SMILES string of the molecule is C=CCOc1ccc(CN(C)C(=O)C(Cc2ccccc2)n2cnnn2)cc1. The molecular formula is C21H23N5O2. The first-order chi connectivity index (χ1) is 13.7. The Balaban J connectivity index is 1.70. The van der Waals surface area contributed by atoms with Crippen molar-refractivity contribution in [2.75, 3.05) is 13.7 Å². The average Bonchev–Trinajstić information content (AvgIpc) is 3.26. The first kappa shape index (κ1) is 19.3. The highest BCUT2D eigenvalue weighted by molar-refractivity contribution is 5.80. The summed E-state index contributed by atoms with van der Waals surface area (Å²) >= 11 is 0. The third kappa shape index (κ3) is 5.03. The lowest BCUT2D eigenvalue weighted by molar-refractivity contribution is -0.134. The van der Waals surface area contributed by atoms with E-state index < -0.39 is 6.04 Å². The van der Waals surface area contributed by atoms with Gasteiger partial charge in [0.05, 0.1) is 0 Å². The van der Waals surface area contributed by atoms with Gasteiger partial charge in [-0.2, -0.15) is 0 Å². The van der Waals surface area contributed by atoms with Crippen LogP contribution in [0.3, 0.4) is 0 Å². The minimum Gasteiger partial charge on any atom is -0.490 e. The Morgan fingerprint density at radius 2 is 1.93 bits per heavy atom. The molecule has 0 spiro atoms. The molecule has 28 heavy (non-hydrogen) atoms. The zero-order valence-electron chi connectivity index (χ0n) is 15.8. The Labute approximate surface area is 164 Å². The van der Waals surface area contributed by atoms with Crippen LogP contribution in [0.25, 0.3) is 0 Å². The van der Waals surface area contributed by atoms with Crippen molar-refractivity contribution in [1.82, 2.24) is 25.1 Å². The standard InChI is InChI=1S/C21H23N5O2/c1-3-13-28-19-11-9-18(10-12-19)15-25(2)21(27)20(26-16-22-23-24-26)14-17-7-5-4-6-8-17/h3-12,16,20H,1,13-15H2,2H3. The zero-order chi connectivity index (χ0) is 19.8. The third-order valence-corrected chi connectivity index (χ3v) is 4.33. The van der Waals surface area contributed by atoms with Gasteiger partial charge in [0.25, 0.3) is 0 Å². The summed E-state index contributed by atoms with van der Waals surface area (Å²) in [7, 11) is 1.78.